The molecule has 3 aliphatic heterocycles. The Hall–Kier alpha value is -7.52. The van der Waals surface area contributed by atoms with Gasteiger partial charge >= 0.3 is 0 Å². The van der Waals surface area contributed by atoms with E-state index in [0.717, 1.165) is 52.8 Å². The molecule has 10 rings (SSSR count). The predicted molar refractivity (Wildman–Crippen MR) is 220 cm³/mol. The van der Waals surface area contributed by atoms with E-state index in [2.05, 4.69) is 35.0 Å². The average Bonchev–Trinajstić information content (AvgIpc) is 3.74. The molecule has 7 aromatic rings. The molecule has 0 unspecified atom stereocenters. The van der Waals surface area contributed by atoms with Crippen molar-refractivity contribution in [2.24, 2.45) is 0 Å². The minimum atomic E-state index is -0.795. The summed E-state index contributed by atoms with van der Waals surface area (Å²) in [6, 6.07) is 21.7. The fourth-order valence-electron chi connectivity index (χ4n) is 7.95. The fourth-order valence-corrected chi connectivity index (χ4v) is 7.95. The normalized spacial score (nSPS) is 15.6. The van der Waals surface area contributed by atoms with Crippen molar-refractivity contribution in [2.45, 2.75) is 25.2 Å². The van der Waals surface area contributed by atoms with Crippen molar-refractivity contribution in [2.75, 3.05) is 41.8 Å². The number of aliphatic hydroxyl groups is 1. The summed E-state index contributed by atoms with van der Waals surface area (Å²) >= 11 is 0. The van der Waals surface area contributed by atoms with Gasteiger partial charge in [0.15, 0.2) is 76.4 Å². The lowest BCUT2D eigenvalue weighted by Gasteiger charge is -2.34. The molecule has 0 radical (unpaired) electrons. The van der Waals surface area contributed by atoms with Crippen LogP contribution in [-0.4, -0.2) is 68.4 Å². The number of hydrogen-bond acceptors (Lipinski definition) is 14. The molecular formula is C46H40NO14+. The van der Waals surface area contributed by atoms with E-state index in [1.54, 1.807) is 38.5 Å². The number of pyridine rings is 1. The van der Waals surface area contributed by atoms with Crippen LogP contribution < -0.4 is 47.9 Å². The third-order valence-electron chi connectivity index (χ3n) is 10.9. The lowest BCUT2D eigenvalue weighted by atomic mass is 9.95. The summed E-state index contributed by atoms with van der Waals surface area (Å²) in [7, 11) is 6.19. The molecule has 0 spiro atoms. The molecule has 0 saturated carbocycles. The predicted octanol–water partition coefficient (Wildman–Crippen LogP) is 6.56. The molecule has 2 aromatic heterocycles. The van der Waals surface area contributed by atoms with E-state index in [9.17, 15) is 25.2 Å². The van der Waals surface area contributed by atoms with Gasteiger partial charge in [0.05, 0.1) is 46.0 Å². The van der Waals surface area contributed by atoms with Crippen molar-refractivity contribution < 1.29 is 67.3 Å². The van der Waals surface area contributed by atoms with Crippen molar-refractivity contribution in [3.05, 3.63) is 106 Å². The number of ether oxygens (including phenoxy) is 8. The Balaban J connectivity index is 0.000000166. The van der Waals surface area contributed by atoms with E-state index in [0.29, 0.717) is 17.9 Å². The topological polar surface area (TPSA) is 189 Å². The summed E-state index contributed by atoms with van der Waals surface area (Å²) in [4.78, 5) is 12.7. The SMILES string of the molecule is COc1cc([C@H]2Oc3cc(-c4cc(=O)c5c(O)cc(O)cc5o4)cc(OC)c3O[C@@H]2CO)ccc1O.COc1ccc2cc3[n+](cc2c1OC)CCc1cc2c(cc1-3)OCO2. The lowest BCUT2D eigenvalue weighted by Crippen LogP contribution is -2.40. The average molecular weight is 831 g/mol. The summed E-state index contributed by atoms with van der Waals surface area (Å²) in [6.07, 6.45) is 1.55. The quantitative estimate of drug-likeness (QED) is 0.126. The Morgan fingerprint density at radius 3 is 2.30 bits per heavy atom. The number of aryl methyl sites for hydroxylation is 2. The van der Waals surface area contributed by atoms with Crippen molar-refractivity contribution >= 4 is 21.7 Å². The highest BCUT2D eigenvalue weighted by Gasteiger charge is 2.36. The highest BCUT2D eigenvalue weighted by molar-refractivity contribution is 5.92. The Kier molecular flexibility index (Phi) is 9.95. The van der Waals surface area contributed by atoms with Crippen LogP contribution in [0.15, 0.2) is 94.3 Å². The van der Waals surface area contributed by atoms with Gasteiger partial charge in [-0.1, -0.05) is 6.07 Å². The summed E-state index contributed by atoms with van der Waals surface area (Å²) < 4.78 is 53.1. The summed E-state index contributed by atoms with van der Waals surface area (Å²) in [6.45, 7) is 0.843. The van der Waals surface area contributed by atoms with Crippen molar-refractivity contribution in [3.8, 4) is 85.8 Å². The Bertz CT molecular complexity index is 2930. The molecular weight excluding hydrogens is 790 g/mol. The number of phenolic OH excluding ortho intramolecular Hbond substituents is 3. The molecule has 15 heteroatoms. The van der Waals surface area contributed by atoms with Crippen LogP contribution in [0.4, 0.5) is 0 Å². The van der Waals surface area contributed by atoms with Gasteiger partial charge in [-0.05, 0) is 59.5 Å². The second-order valence-corrected chi connectivity index (χ2v) is 14.4. The van der Waals surface area contributed by atoms with Crippen LogP contribution in [0.5, 0.6) is 63.2 Å². The number of aromatic nitrogens is 1. The summed E-state index contributed by atoms with van der Waals surface area (Å²) in [5.74, 6) is 3.61. The zero-order chi connectivity index (χ0) is 42.5. The number of aromatic hydroxyl groups is 3. The standard InChI is InChI=1S/C26H22O10.C20H18NO4/c1-32-19-5-12(3-4-15(19)29)25-23(11-27)36-26-21(33-2)6-13(7-22(26)35-25)18-10-17(31)24-16(30)8-14(28)9-20(24)34-18;1-22-17-4-3-12-7-16-14-9-19-18(24-11-25-19)8-13(14)5-6-21(16)10-15(12)20(17)23-2/h3-10,23,25,27-30H,11H2,1-2H3;3-4,7-10H,5-6,11H2,1-2H3/q;+1/t23-,25-;/m1./s1. The number of methoxy groups -OCH3 is 4. The molecule has 2 atom stereocenters. The van der Waals surface area contributed by atoms with Crippen molar-refractivity contribution in [1.82, 2.24) is 0 Å². The molecule has 5 heterocycles. The summed E-state index contributed by atoms with van der Waals surface area (Å²) in [5, 5.41) is 41.9. The van der Waals surface area contributed by atoms with Crippen molar-refractivity contribution in [1.29, 1.82) is 0 Å². The van der Waals surface area contributed by atoms with Gasteiger partial charge in [-0.3, -0.25) is 4.79 Å². The molecule has 0 aliphatic carbocycles. The van der Waals surface area contributed by atoms with Crippen LogP contribution in [0, 0.1) is 0 Å². The smallest absolute Gasteiger partial charge is 0.231 e. The van der Waals surface area contributed by atoms with E-state index in [-0.39, 0.29) is 57.8 Å². The first-order valence-electron chi connectivity index (χ1n) is 19.2. The zero-order valence-corrected chi connectivity index (χ0v) is 33.4. The van der Waals surface area contributed by atoms with Gasteiger partial charge in [-0.15, -0.1) is 0 Å². The maximum Gasteiger partial charge on any atom is 0.231 e. The number of aliphatic hydroxyl groups excluding tert-OH is 1. The van der Waals surface area contributed by atoms with Crippen LogP contribution in [0.25, 0.3) is 44.3 Å². The first kappa shape index (κ1) is 39.0. The molecule has 0 fully saturated rings. The van der Waals surface area contributed by atoms with Crippen LogP contribution in [-0.2, 0) is 13.0 Å². The molecule has 312 valence electrons. The largest absolute Gasteiger partial charge is 0.508 e. The van der Waals surface area contributed by atoms with Gasteiger partial charge < -0.3 is 62.7 Å². The molecule has 0 saturated heterocycles. The number of rotatable bonds is 7. The number of hydrogen-bond donors (Lipinski definition) is 4. The van der Waals surface area contributed by atoms with E-state index in [1.807, 2.05) is 6.07 Å². The minimum Gasteiger partial charge on any atom is -0.508 e. The Morgan fingerprint density at radius 1 is 0.754 bits per heavy atom. The van der Waals surface area contributed by atoms with Crippen LogP contribution in [0.3, 0.4) is 0 Å². The highest BCUT2D eigenvalue weighted by atomic mass is 16.7. The summed E-state index contributed by atoms with van der Waals surface area (Å²) in [5.41, 5.74) is 4.16. The Morgan fingerprint density at radius 2 is 1.54 bits per heavy atom. The second kappa shape index (κ2) is 15.6. The van der Waals surface area contributed by atoms with Gasteiger partial charge in [0, 0.05) is 41.8 Å². The Labute approximate surface area is 347 Å². The first-order valence-corrected chi connectivity index (χ1v) is 19.2. The highest BCUT2D eigenvalue weighted by Crippen LogP contribution is 2.49. The molecule has 15 nitrogen and oxygen atoms in total. The number of nitrogens with zero attached hydrogens (tertiary/aromatic N) is 1. The minimum absolute atomic E-state index is 0.00161. The van der Waals surface area contributed by atoms with Gasteiger partial charge in [-0.25, -0.2) is 0 Å². The maximum absolute atomic E-state index is 12.7. The zero-order valence-electron chi connectivity index (χ0n) is 33.4. The van der Waals surface area contributed by atoms with Crippen molar-refractivity contribution in [3.63, 3.8) is 0 Å². The van der Waals surface area contributed by atoms with Gasteiger partial charge in [0.2, 0.25) is 18.2 Å². The maximum atomic E-state index is 12.7. The van der Waals surface area contributed by atoms with Crippen LogP contribution in [0.1, 0.15) is 17.2 Å². The number of fused-ring (bicyclic) bond motifs is 7. The number of phenols is 3. The van der Waals surface area contributed by atoms with E-state index in [1.165, 1.54) is 49.2 Å². The monoisotopic (exact) mass is 830 g/mol. The fraction of sp³-hybridized carbons (Fsp3) is 0.217. The molecule has 4 N–H and O–H groups in total. The van der Waals surface area contributed by atoms with Gasteiger partial charge in [0.1, 0.15) is 28.2 Å². The van der Waals surface area contributed by atoms with E-state index in [4.69, 9.17) is 42.3 Å². The van der Waals surface area contributed by atoms with E-state index < -0.39 is 23.4 Å². The number of benzene rings is 5. The molecule has 0 bridgehead atoms. The lowest BCUT2D eigenvalue weighted by molar-refractivity contribution is -0.686. The van der Waals surface area contributed by atoms with Crippen LogP contribution >= 0.6 is 0 Å². The molecule has 5 aromatic carbocycles. The van der Waals surface area contributed by atoms with Gasteiger partial charge in [0.25, 0.3) is 0 Å². The van der Waals surface area contributed by atoms with Gasteiger partial charge in [-0.2, -0.15) is 4.57 Å². The second-order valence-electron chi connectivity index (χ2n) is 14.4. The third-order valence-corrected chi connectivity index (χ3v) is 10.9. The molecule has 61 heavy (non-hydrogen) atoms. The molecule has 0 amide bonds. The third kappa shape index (κ3) is 6.87. The van der Waals surface area contributed by atoms with Crippen LogP contribution in [0.2, 0.25) is 0 Å². The first-order chi connectivity index (χ1) is 29.6. The molecule has 3 aliphatic rings. The van der Waals surface area contributed by atoms with E-state index >= 15 is 0 Å².